The van der Waals surface area contributed by atoms with E-state index in [2.05, 4.69) is 34.7 Å². The van der Waals surface area contributed by atoms with Gasteiger partial charge in [0.15, 0.2) is 0 Å². The highest BCUT2D eigenvalue weighted by Crippen LogP contribution is 2.27. The summed E-state index contributed by atoms with van der Waals surface area (Å²) in [5.41, 5.74) is 3.16. The summed E-state index contributed by atoms with van der Waals surface area (Å²) in [6.07, 6.45) is 0. The van der Waals surface area contributed by atoms with E-state index in [1.165, 1.54) is 5.56 Å². The van der Waals surface area contributed by atoms with Crippen LogP contribution in [0.2, 0.25) is 0 Å². The molecule has 6 heteroatoms. The highest BCUT2D eigenvalue weighted by atomic mass is 35.5. The van der Waals surface area contributed by atoms with Crippen molar-refractivity contribution in [1.82, 2.24) is 5.32 Å². The lowest BCUT2D eigenvalue weighted by atomic mass is 9.88. The van der Waals surface area contributed by atoms with Crippen molar-refractivity contribution < 1.29 is 4.79 Å². The second kappa shape index (κ2) is 10.4. The number of carbonyl (C=O) groups is 1. The maximum atomic E-state index is 12.5. The fourth-order valence-corrected chi connectivity index (χ4v) is 2.98. The van der Waals surface area contributed by atoms with Crippen LogP contribution in [-0.4, -0.2) is 26.0 Å². The van der Waals surface area contributed by atoms with Gasteiger partial charge in [-0.25, -0.2) is 0 Å². The number of anilines is 2. The number of rotatable bonds is 6. The molecule has 0 spiro atoms. The lowest BCUT2D eigenvalue weighted by molar-refractivity contribution is -0.121. The van der Waals surface area contributed by atoms with Crippen LogP contribution in [0.1, 0.15) is 12.5 Å². The molecule has 3 rings (SSSR count). The second-order valence-corrected chi connectivity index (χ2v) is 6.56. The summed E-state index contributed by atoms with van der Waals surface area (Å²) in [7, 11) is 2.05. The third kappa shape index (κ3) is 5.37. The first-order chi connectivity index (χ1) is 11.6. The van der Waals surface area contributed by atoms with Crippen LogP contribution in [0, 0.1) is 11.8 Å². The van der Waals surface area contributed by atoms with Crippen LogP contribution in [0.5, 0.6) is 0 Å². The molecule has 1 saturated heterocycles. The van der Waals surface area contributed by atoms with E-state index in [4.69, 9.17) is 0 Å². The maximum absolute atomic E-state index is 12.5. The van der Waals surface area contributed by atoms with Gasteiger partial charge in [0.25, 0.3) is 0 Å². The Morgan fingerprint density at radius 3 is 2.35 bits per heavy atom. The van der Waals surface area contributed by atoms with Crippen molar-refractivity contribution in [1.29, 1.82) is 0 Å². The number of carbonyl (C=O) groups excluding carboxylic acids is 1. The standard InChI is InChI=1S/C20H25N3O.2ClH/c1-15(17-12-21-13-17)20(24)22-18-10-6-7-11-19(18)23(2)14-16-8-4-3-5-9-16;;/h3-11,15,17,21H,12-14H2,1-2H3,(H,22,24);2*1H. The molecule has 1 fully saturated rings. The average Bonchev–Trinajstić information content (AvgIpc) is 2.54. The predicted molar refractivity (Wildman–Crippen MR) is 114 cm³/mol. The molecule has 1 atom stereocenters. The van der Waals surface area contributed by atoms with Gasteiger partial charge >= 0.3 is 0 Å². The molecule has 1 unspecified atom stereocenters. The van der Waals surface area contributed by atoms with Crippen molar-refractivity contribution in [3.63, 3.8) is 0 Å². The smallest absolute Gasteiger partial charge is 0.227 e. The molecule has 1 amide bonds. The Morgan fingerprint density at radius 1 is 1.12 bits per heavy atom. The van der Waals surface area contributed by atoms with E-state index in [1.54, 1.807) is 0 Å². The predicted octanol–water partition coefficient (Wildman–Crippen LogP) is 3.96. The van der Waals surface area contributed by atoms with Crippen molar-refractivity contribution in [3.8, 4) is 0 Å². The number of hydrogen-bond donors (Lipinski definition) is 2. The van der Waals surface area contributed by atoms with Crippen molar-refractivity contribution in [2.24, 2.45) is 11.8 Å². The number of amides is 1. The lowest BCUT2D eigenvalue weighted by Gasteiger charge is -2.32. The quantitative estimate of drug-likeness (QED) is 0.777. The number of halogens is 2. The molecule has 2 N–H and O–H groups in total. The summed E-state index contributed by atoms with van der Waals surface area (Å²) >= 11 is 0. The number of nitrogens with zero attached hydrogens (tertiary/aromatic N) is 1. The largest absolute Gasteiger partial charge is 0.369 e. The lowest BCUT2D eigenvalue weighted by Crippen LogP contribution is -2.48. The van der Waals surface area contributed by atoms with Crippen LogP contribution in [-0.2, 0) is 11.3 Å². The fraction of sp³-hybridized carbons (Fsp3) is 0.350. The molecule has 26 heavy (non-hydrogen) atoms. The summed E-state index contributed by atoms with van der Waals surface area (Å²) in [5.74, 6) is 0.569. The Hall–Kier alpha value is -1.75. The minimum Gasteiger partial charge on any atom is -0.369 e. The summed E-state index contributed by atoms with van der Waals surface area (Å²) in [6.45, 7) is 4.68. The van der Waals surface area contributed by atoms with E-state index in [1.807, 2.05) is 49.4 Å². The SMILES string of the molecule is CC(C(=O)Nc1ccccc1N(C)Cc1ccccc1)C1CNC1.Cl.Cl. The van der Waals surface area contributed by atoms with Crippen LogP contribution < -0.4 is 15.5 Å². The van der Waals surface area contributed by atoms with Gasteiger partial charge in [0.1, 0.15) is 0 Å². The number of hydrogen-bond acceptors (Lipinski definition) is 3. The zero-order chi connectivity index (χ0) is 16.9. The Morgan fingerprint density at radius 2 is 1.73 bits per heavy atom. The molecule has 4 nitrogen and oxygen atoms in total. The van der Waals surface area contributed by atoms with Gasteiger partial charge in [-0.2, -0.15) is 0 Å². The van der Waals surface area contributed by atoms with E-state index < -0.39 is 0 Å². The minimum absolute atomic E-state index is 0. The van der Waals surface area contributed by atoms with E-state index >= 15 is 0 Å². The summed E-state index contributed by atoms with van der Waals surface area (Å²) in [4.78, 5) is 14.7. The van der Waals surface area contributed by atoms with Crippen molar-refractivity contribution in [3.05, 3.63) is 60.2 Å². The topological polar surface area (TPSA) is 44.4 Å². The average molecular weight is 396 g/mol. The summed E-state index contributed by atoms with van der Waals surface area (Å²) in [5, 5.41) is 6.35. The number of para-hydroxylation sites is 2. The first-order valence-corrected chi connectivity index (χ1v) is 8.51. The van der Waals surface area contributed by atoms with E-state index in [9.17, 15) is 4.79 Å². The van der Waals surface area contributed by atoms with Crippen molar-refractivity contribution in [2.75, 3.05) is 30.4 Å². The van der Waals surface area contributed by atoms with Gasteiger partial charge < -0.3 is 15.5 Å². The van der Waals surface area contributed by atoms with Gasteiger partial charge in [0, 0.05) is 19.5 Å². The minimum atomic E-state index is 0. The maximum Gasteiger partial charge on any atom is 0.227 e. The number of benzene rings is 2. The Bertz CT molecular complexity index is 692. The second-order valence-electron chi connectivity index (χ2n) is 6.56. The van der Waals surface area contributed by atoms with Crippen LogP contribution in [0.4, 0.5) is 11.4 Å². The van der Waals surface area contributed by atoms with Gasteiger partial charge in [-0.1, -0.05) is 49.4 Å². The molecule has 1 aliphatic heterocycles. The van der Waals surface area contributed by atoms with Gasteiger partial charge in [0.2, 0.25) is 5.91 Å². The monoisotopic (exact) mass is 395 g/mol. The third-order valence-electron chi connectivity index (χ3n) is 4.77. The van der Waals surface area contributed by atoms with Crippen molar-refractivity contribution in [2.45, 2.75) is 13.5 Å². The molecular weight excluding hydrogens is 369 g/mol. The molecule has 2 aromatic carbocycles. The molecular formula is C20H27Cl2N3O. The molecule has 1 heterocycles. The highest BCUT2D eigenvalue weighted by Gasteiger charge is 2.29. The number of nitrogens with one attached hydrogen (secondary N) is 2. The van der Waals surface area contributed by atoms with Gasteiger partial charge in [-0.05, 0) is 36.7 Å². The highest BCUT2D eigenvalue weighted by molar-refractivity contribution is 5.95. The molecule has 0 bridgehead atoms. The Balaban J connectivity index is 0.00000169. The molecule has 1 aliphatic rings. The van der Waals surface area contributed by atoms with Crippen molar-refractivity contribution >= 4 is 42.1 Å². The molecule has 0 radical (unpaired) electrons. The molecule has 0 saturated carbocycles. The normalized spacial score (nSPS) is 14.2. The van der Waals surface area contributed by atoms with Gasteiger partial charge in [-0.15, -0.1) is 24.8 Å². The molecule has 0 aromatic heterocycles. The van der Waals surface area contributed by atoms with E-state index in [0.29, 0.717) is 5.92 Å². The zero-order valence-electron chi connectivity index (χ0n) is 15.1. The van der Waals surface area contributed by atoms with Crippen LogP contribution in [0.3, 0.4) is 0 Å². The first-order valence-electron chi connectivity index (χ1n) is 8.51. The molecule has 142 valence electrons. The summed E-state index contributed by atoms with van der Waals surface area (Å²) < 4.78 is 0. The van der Waals surface area contributed by atoms with Crippen LogP contribution >= 0.6 is 24.8 Å². The van der Waals surface area contributed by atoms with Crippen LogP contribution in [0.25, 0.3) is 0 Å². The van der Waals surface area contributed by atoms with Gasteiger partial charge in [-0.3, -0.25) is 4.79 Å². The van der Waals surface area contributed by atoms with E-state index in [0.717, 1.165) is 31.0 Å². The van der Waals surface area contributed by atoms with Gasteiger partial charge in [0.05, 0.1) is 11.4 Å². The van der Waals surface area contributed by atoms with E-state index in [-0.39, 0.29) is 36.6 Å². The molecule has 0 aliphatic carbocycles. The Labute approximate surface area is 168 Å². The zero-order valence-corrected chi connectivity index (χ0v) is 16.8. The first kappa shape index (κ1) is 22.3. The summed E-state index contributed by atoms with van der Waals surface area (Å²) in [6, 6.07) is 18.3. The molecule has 2 aromatic rings. The fourth-order valence-electron chi connectivity index (χ4n) is 2.98. The third-order valence-corrected chi connectivity index (χ3v) is 4.77. The Kier molecular flexibility index (Phi) is 8.93. The van der Waals surface area contributed by atoms with Crippen LogP contribution in [0.15, 0.2) is 54.6 Å².